The highest BCUT2D eigenvalue weighted by molar-refractivity contribution is 5.62. The molecular formula is C14H19N3O. The third-order valence-electron chi connectivity index (χ3n) is 3.36. The largest absolute Gasteiger partial charge is 0.497 e. The molecule has 18 heavy (non-hydrogen) atoms. The van der Waals surface area contributed by atoms with Crippen molar-refractivity contribution in [3.63, 3.8) is 0 Å². The number of piperidine rings is 1. The monoisotopic (exact) mass is 245 g/mol. The third-order valence-corrected chi connectivity index (χ3v) is 3.36. The highest BCUT2D eigenvalue weighted by Crippen LogP contribution is 2.29. The van der Waals surface area contributed by atoms with Crippen molar-refractivity contribution in [3.8, 4) is 11.8 Å². The first kappa shape index (κ1) is 12.7. The zero-order valence-corrected chi connectivity index (χ0v) is 10.9. The van der Waals surface area contributed by atoms with E-state index in [1.807, 2.05) is 12.1 Å². The summed E-state index contributed by atoms with van der Waals surface area (Å²) in [5.74, 6) is 1.32. The number of hydrogen-bond acceptors (Lipinski definition) is 4. The van der Waals surface area contributed by atoms with Crippen LogP contribution in [-0.4, -0.2) is 26.2 Å². The summed E-state index contributed by atoms with van der Waals surface area (Å²) in [6.45, 7) is 3.93. The van der Waals surface area contributed by atoms with Gasteiger partial charge in [-0.15, -0.1) is 0 Å². The molecule has 0 aromatic heterocycles. The number of nitrogens with two attached hydrogens (primary N) is 1. The van der Waals surface area contributed by atoms with Crippen LogP contribution in [0, 0.1) is 17.2 Å². The predicted molar refractivity (Wildman–Crippen MR) is 71.7 cm³/mol. The van der Waals surface area contributed by atoms with Gasteiger partial charge in [0.2, 0.25) is 0 Å². The number of nitriles is 1. The summed E-state index contributed by atoms with van der Waals surface area (Å²) < 4.78 is 5.23. The van der Waals surface area contributed by atoms with Crippen LogP contribution in [0.2, 0.25) is 0 Å². The van der Waals surface area contributed by atoms with Crippen molar-refractivity contribution in [1.82, 2.24) is 0 Å². The molecule has 0 bridgehead atoms. The van der Waals surface area contributed by atoms with Crippen LogP contribution in [0.5, 0.6) is 5.75 Å². The van der Waals surface area contributed by atoms with Crippen LogP contribution in [0.1, 0.15) is 18.9 Å². The Balaban J connectivity index is 2.33. The van der Waals surface area contributed by atoms with Gasteiger partial charge in [0.25, 0.3) is 0 Å². The molecule has 1 aliphatic rings. The van der Waals surface area contributed by atoms with Gasteiger partial charge >= 0.3 is 0 Å². The van der Waals surface area contributed by atoms with Crippen molar-refractivity contribution in [2.45, 2.75) is 19.4 Å². The lowest BCUT2D eigenvalue weighted by Gasteiger charge is -2.36. The highest BCUT2D eigenvalue weighted by Gasteiger charge is 2.24. The Kier molecular flexibility index (Phi) is 3.73. The van der Waals surface area contributed by atoms with Crippen LogP contribution in [0.3, 0.4) is 0 Å². The number of benzene rings is 1. The molecule has 96 valence electrons. The van der Waals surface area contributed by atoms with E-state index < -0.39 is 0 Å². The average Bonchev–Trinajstić information content (AvgIpc) is 2.36. The fourth-order valence-electron chi connectivity index (χ4n) is 2.59. The van der Waals surface area contributed by atoms with Gasteiger partial charge in [-0.3, -0.25) is 0 Å². The Bertz CT molecular complexity index is 457. The Morgan fingerprint density at radius 2 is 2.22 bits per heavy atom. The number of anilines is 1. The molecule has 1 aliphatic heterocycles. The number of hydrogen-bond donors (Lipinski definition) is 1. The van der Waals surface area contributed by atoms with Gasteiger partial charge in [0.15, 0.2) is 0 Å². The van der Waals surface area contributed by atoms with E-state index in [4.69, 9.17) is 10.5 Å². The van der Waals surface area contributed by atoms with Crippen LogP contribution >= 0.6 is 0 Å². The second-order valence-corrected chi connectivity index (χ2v) is 5.00. The molecule has 2 rings (SSSR count). The van der Waals surface area contributed by atoms with Gasteiger partial charge in [-0.25, -0.2) is 0 Å². The lowest BCUT2D eigenvalue weighted by molar-refractivity contribution is 0.398. The van der Waals surface area contributed by atoms with Gasteiger partial charge in [0.1, 0.15) is 11.8 Å². The van der Waals surface area contributed by atoms with E-state index in [1.54, 1.807) is 13.2 Å². The van der Waals surface area contributed by atoms with Gasteiger partial charge in [0.05, 0.1) is 18.4 Å². The third kappa shape index (κ3) is 2.57. The number of methoxy groups -OCH3 is 1. The van der Waals surface area contributed by atoms with Crippen molar-refractivity contribution >= 4 is 5.69 Å². The minimum atomic E-state index is 0.173. The summed E-state index contributed by atoms with van der Waals surface area (Å²) in [6, 6.07) is 7.95. The summed E-state index contributed by atoms with van der Waals surface area (Å²) in [4.78, 5) is 2.19. The molecule has 0 spiro atoms. The fourth-order valence-corrected chi connectivity index (χ4v) is 2.59. The summed E-state index contributed by atoms with van der Waals surface area (Å²) in [5, 5.41) is 9.20. The lowest BCUT2D eigenvalue weighted by atomic mass is 9.95. The Morgan fingerprint density at radius 3 is 2.83 bits per heavy atom. The molecule has 0 amide bonds. The summed E-state index contributed by atoms with van der Waals surface area (Å²) >= 11 is 0. The molecular weight excluding hydrogens is 226 g/mol. The van der Waals surface area contributed by atoms with Crippen molar-refractivity contribution in [2.75, 3.05) is 25.1 Å². The molecule has 2 unspecified atom stereocenters. The molecule has 2 atom stereocenters. The Morgan fingerprint density at radius 1 is 1.44 bits per heavy atom. The summed E-state index contributed by atoms with van der Waals surface area (Å²) in [5.41, 5.74) is 7.67. The molecule has 1 heterocycles. The number of nitrogens with zero attached hydrogens (tertiary/aromatic N) is 2. The minimum Gasteiger partial charge on any atom is -0.497 e. The average molecular weight is 245 g/mol. The minimum absolute atomic E-state index is 0.173. The van der Waals surface area contributed by atoms with Gasteiger partial charge in [-0.1, -0.05) is 6.92 Å². The highest BCUT2D eigenvalue weighted by atomic mass is 16.5. The topological polar surface area (TPSA) is 62.3 Å². The molecule has 4 nitrogen and oxygen atoms in total. The molecule has 0 aliphatic carbocycles. The van der Waals surface area contributed by atoms with Gasteiger partial charge in [-0.05, 0) is 24.5 Å². The quantitative estimate of drug-likeness (QED) is 0.862. The maximum atomic E-state index is 9.20. The number of ether oxygens (including phenoxy) is 1. The first-order valence-electron chi connectivity index (χ1n) is 6.22. The lowest BCUT2D eigenvalue weighted by Crippen LogP contribution is -2.46. The van der Waals surface area contributed by atoms with Gasteiger partial charge < -0.3 is 15.4 Å². The van der Waals surface area contributed by atoms with E-state index >= 15 is 0 Å². The smallest absolute Gasteiger partial charge is 0.121 e. The van der Waals surface area contributed by atoms with E-state index in [0.29, 0.717) is 11.5 Å². The normalized spacial score (nSPS) is 23.6. The van der Waals surface area contributed by atoms with Crippen molar-refractivity contribution in [2.24, 2.45) is 11.7 Å². The molecule has 2 N–H and O–H groups in total. The molecule has 4 heteroatoms. The van der Waals surface area contributed by atoms with Gasteiger partial charge in [-0.2, -0.15) is 5.26 Å². The molecule has 0 saturated carbocycles. The molecule has 1 fully saturated rings. The molecule has 1 aromatic carbocycles. The predicted octanol–water partition coefficient (Wildman–Crippen LogP) is 1.74. The van der Waals surface area contributed by atoms with Crippen LogP contribution in [0.15, 0.2) is 18.2 Å². The summed E-state index contributed by atoms with van der Waals surface area (Å²) in [7, 11) is 1.63. The Labute approximate surface area is 108 Å². The zero-order chi connectivity index (χ0) is 13.1. The maximum Gasteiger partial charge on any atom is 0.121 e. The molecule has 1 saturated heterocycles. The van der Waals surface area contributed by atoms with Crippen molar-refractivity contribution in [1.29, 1.82) is 5.26 Å². The maximum absolute atomic E-state index is 9.20. The van der Waals surface area contributed by atoms with E-state index in [9.17, 15) is 5.26 Å². The van der Waals surface area contributed by atoms with E-state index in [1.165, 1.54) is 0 Å². The van der Waals surface area contributed by atoms with E-state index in [0.717, 1.165) is 30.9 Å². The van der Waals surface area contributed by atoms with Crippen LogP contribution in [-0.2, 0) is 0 Å². The Hall–Kier alpha value is -1.73. The fraction of sp³-hybridized carbons (Fsp3) is 0.500. The second kappa shape index (κ2) is 5.28. The number of rotatable bonds is 2. The SMILES string of the molecule is COc1ccc(C#N)c(N2CC(C)CC(N)C2)c1. The van der Waals surface area contributed by atoms with E-state index in [-0.39, 0.29) is 6.04 Å². The first-order chi connectivity index (χ1) is 8.63. The van der Waals surface area contributed by atoms with Crippen LogP contribution in [0.25, 0.3) is 0 Å². The van der Waals surface area contributed by atoms with Crippen molar-refractivity contribution in [3.05, 3.63) is 23.8 Å². The van der Waals surface area contributed by atoms with Crippen molar-refractivity contribution < 1.29 is 4.74 Å². The van der Waals surface area contributed by atoms with Gasteiger partial charge in [0, 0.05) is 25.2 Å². The molecule has 0 radical (unpaired) electrons. The second-order valence-electron chi connectivity index (χ2n) is 5.00. The van der Waals surface area contributed by atoms with Crippen LogP contribution < -0.4 is 15.4 Å². The zero-order valence-electron chi connectivity index (χ0n) is 10.9. The standard InChI is InChI=1S/C14H19N3O/c1-10-5-12(16)9-17(8-10)14-6-13(18-2)4-3-11(14)7-15/h3-4,6,10,12H,5,8-9,16H2,1-2H3. The summed E-state index contributed by atoms with van der Waals surface area (Å²) in [6.07, 6.45) is 1.04. The van der Waals surface area contributed by atoms with E-state index in [2.05, 4.69) is 17.9 Å². The van der Waals surface area contributed by atoms with Crippen LogP contribution in [0.4, 0.5) is 5.69 Å². The molecule has 1 aromatic rings. The first-order valence-corrected chi connectivity index (χ1v) is 6.22.